The van der Waals surface area contributed by atoms with Gasteiger partial charge in [0.05, 0.1) is 12.8 Å². The first-order valence-electron chi connectivity index (χ1n) is 6.05. The van der Waals surface area contributed by atoms with Crippen molar-refractivity contribution in [2.45, 2.75) is 6.92 Å². The van der Waals surface area contributed by atoms with E-state index < -0.39 is 0 Å². The summed E-state index contributed by atoms with van der Waals surface area (Å²) in [5.74, 6) is 1.14. The molecule has 0 aliphatic rings. The lowest BCUT2D eigenvalue weighted by Crippen LogP contribution is -2.10. The van der Waals surface area contributed by atoms with E-state index in [1.54, 1.807) is 13.3 Å². The molecule has 0 atom stereocenters. The normalized spacial score (nSPS) is 10.2. The molecule has 0 unspecified atom stereocenters. The number of aryl methyl sites for hydroxylation is 1. The predicted octanol–water partition coefficient (Wildman–Crippen LogP) is 1.98. The van der Waals surface area contributed by atoms with Crippen LogP contribution < -0.4 is 10.6 Å². The maximum atomic E-state index is 4.96. The molecule has 6 heteroatoms. The molecule has 0 spiro atoms. The number of ether oxygens (including phenoxy) is 1. The monoisotopic (exact) mass is 259 g/mol. The SMILES string of the molecule is COCCNc1cnnc(Nc2ccccc2C)n1. The summed E-state index contributed by atoms with van der Waals surface area (Å²) in [6.45, 7) is 3.32. The Labute approximate surface area is 112 Å². The Balaban J connectivity index is 2.05. The lowest BCUT2D eigenvalue weighted by atomic mass is 10.2. The Morgan fingerprint density at radius 1 is 1.26 bits per heavy atom. The summed E-state index contributed by atoms with van der Waals surface area (Å²) in [6, 6.07) is 7.95. The van der Waals surface area contributed by atoms with Gasteiger partial charge in [-0.3, -0.25) is 0 Å². The maximum absolute atomic E-state index is 4.96. The highest BCUT2D eigenvalue weighted by Gasteiger charge is 2.02. The average molecular weight is 259 g/mol. The van der Waals surface area contributed by atoms with E-state index in [4.69, 9.17) is 4.74 Å². The summed E-state index contributed by atoms with van der Waals surface area (Å²) < 4.78 is 4.96. The third kappa shape index (κ3) is 3.89. The number of nitrogens with one attached hydrogen (secondary N) is 2. The highest BCUT2D eigenvalue weighted by atomic mass is 16.5. The quantitative estimate of drug-likeness (QED) is 0.773. The van der Waals surface area contributed by atoms with Crippen molar-refractivity contribution in [3.8, 4) is 0 Å². The second-order valence-corrected chi connectivity index (χ2v) is 4.02. The molecule has 2 N–H and O–H groups in total. The van der Waals surface area contributed by atoms with Gasteiger partial charge in [-0.25, -0.2) is 0 Å². The molecule has 19 heavy (non-hydrogen) atoms. The first kappa shape index (κ1) is 13.2. The van der Waals surface area contributed by atoms with Gasteiger partial charge in [0, 0.05) is 19.3 Å². The van der Waals surface area contributed by atoms with Crippen molar-refractivity contribution in [2.75, 3.05) is 30.9 Å². The molecule has 100 valence electrons. The zero-order valence-corrected chi connectivity index (χ0v) is 11.1. The van der Waals surface area contributed by atoms with E-state index in [-0.39, 0.29) is 0 Å². The van der Waals surface area contributed by atoms with Crippen LogP contribution in [0.2, 0.25) is 0 Å². The molecule has 6 nitrogen and oxygen atoms in total. The van der Waals surface area contributed by atoms with Crippen molar-refractivity contribution in [3.05, 3.63) is 36.0 Å². The molecule has 1 aromatic carbocycles. The Hall–Kier alpha value is -2.21. The minimum absolute atomic E-state index is 0.469. The summed E-state index contributed by atoms with van der Waals surface area (Å²) in [5.41, 5.74) is 2.10. The highest BCUT2D eigenvalue weighted by Crippen LogP contribution is 2.17. The van der Waals surface area contributed by atoms with Gasteiger partial charge < -0.3 is 15.4 Å². The first-order chi connectivity index (χ1) is 9.29. The van der Waals surface area contributed by atoms with Crippen molar-refractivity contribution in [2.24, 2.45) is 0 Å². The molecule has 0 fully saturated rings. The van der Waals surface area contributed by atoms with E-state index in [0.29, 0.717) is 24.9 Å². The number of anilines is 3. The largest absolute Gasteiger partial charge is 0.383 e. The molecule has 0 saturated carbocycles. The van der Waals surface area contributed by atoms with Crippen molar-refractivity contribution in [1.29, 1.82) is 0 Å². The smallest absolute Gasteiger partial charge is 0.249 e. The molecule has 0 saturated heterocycles. The van der Waals surface area contributed by atoms with Gasteiger partial charge >= 0.3 is 0 Å². The maximum Gasteiger partial charge on any atom is 0.249 e. The number of benzene rings is 1. The molecule has 1 heterocycles. The van der Waals surface area contributed by atoms with Crippen LogP contribution >= 0.6 is 0 Å². The number of aromatic nitrogens is 3. The number of para-hydroxylation sites is 1. The summed E-state index contributed by atoms with van der Waals surface area (Å²) in [5, 5.41) is 14.1. The Bertz CT molecular complexity index is 532. The predicted molar refractivity (Wildman–Crippen MR) is 74.7 cm³/mol. The second kappa shape index (κ2) is 6.65. The Kier molecular flexibility index (Phi) is 4.63. The van der Waals surface area contributed by atoms with Gasteiger partial charge in [-0.05, 0) is 18.6 Å². The van der Waals surface area contributed by atoms with Crippen LogP contribution in [0.25, 0.3) is 0 Å². The van der Waals surface area contributed by atoms with Crippen LogP contribution in [-0.4, -0.2) is 35.4 Å². The van der Waals surface area contributed by atoms with E-state index in [2.05, 4.69) is 25.8 Å². The topological polar surface area (TPSA) is 72.0 Å². The zero-order valence-electron chi connectivity index (χ0n) is 11.1. The number of hydrogen-bond donors (Lipinski definition) is 2. The van der Waals surface area contributed by atoms with Crippen LogP contribution in [0.4, 0.5) is 17.5 Å². The van der Waals surface area contributed by atoms with E-state index in [1.165, 1.54) is 0 Å². The number of methoxy groups -OCH3 is 1. The summed E-state index contributed by atoms with van der Waals surface area (Å²) in [6.07, 6.45) is 1.58. The number of hydrogen-bond acceptors (Lipinski definition) is 6. The molecule has 2 aromatic rings. The number of nitrogens with zero attached hydrogens (tertiary/aromatic N) is 3. The fourth-order valence-corrected chi connectivity index (χ4v) is 1.56. The van der Waals surface area contributed by atoms with E-state index in [0.717, 1.165) is 11.3 Å². The van der Waals surface area contributed by atoms with E-state index >= 15 is 0 Å². The van der Waals surface area contributed by atoms with Crippen molar-refractivity contribution < 1.29 is 4.74 Å². The van der Waals surface area contributed by atoms with Gasteiger partial charge in [-0.15, -0.1) is 5.10 Å². The van der Waals surface area contributed by atoms with Crippen LogP contribution in [-0.2, 0) is 4.74 Å². The first-order valence-corrected chi connectivity index (χ1v) is 6.05. The molecular formula is C13H17N5O. The summed E-state index contributed by atoms with van der Waals surface area (Å²) >= 11 is 0. The molecule has 0 bridgehead atoms. The fourth-order valence-electron chi connectivity index (χ4n) is 1.56. The number of rotatable bonds is 6. The van der Waals surface area contributed by atoms with Crippen molar-refractivity contribution in [1.82, 2.24) is 15.2 Å². The highest BCUT2D eigenvalue weighted by molar-refractivity contribution is 5.58. The van der Waals surface area contributed by atoms with Gasteiger partial charge in [-0.2, -0.15) is 10.1 Å². The molecule has 0 aliphatic carbocycles. The minimum atomic E-state index is 0.469. The van der Waals surface area contributed by atoms with Crippen molar-refractivity contribution >= 4 is 17.5 Å². The van der Waals surface area contributed by atoms with Gasteiger partial charge in [0.2, 0.25) is 5.95 Å². The third-order valence-electron chi connectivity index (χ3n) is 2.56. The van der Waals surface area contributed by atoms with Crippen LogP contribution in [0.1, 0.15) is 5.56 Å². The van der Waals surface area contributed by atoms with Gasteiger partial charge in [-0.1, -0.05) is 18.2 Å². The summed E-state index contributed by atoms with van der Waals surface area (Å²) in [4.78, 5) is 4.33. The fraction of sp³-hybridized carbons (Fsp3) is 0.308. The molecule has 0 amide bonds. The summed E-state index contributed by atoms with van der Waals surface area (Å²) in [7, 11) is 1.66. The van der Waals surface area contributed by atoms with Crippen LogP contribution in [0, 0.1) is 6.92 Å². The lowest BCUT2D eigenvalue weighted by Gasteiger charge is -2.08. The molecule has 0 radical (unpaired) electrons. The van der Waals surface area contributed by atoms with Crippen LogP contribution in [0.15, 0.2) is 30.5 Å². The molecule has 1 aromatic heterocycles. The Morgan fingerprint density at radius 2 is 2.11 bits per heavy atom. The second-order valence-electron chi connectivity index (χ2n) is 4.02. The lowest BCUT2D eigenvalue weighted by molar-refractivity contribution is 0.210. The molecule has 0 aliphatic heterocycles. The molecular weight excluding hydrogens is 242 g/mol. The van der Waals surface area contributed by atoms with Gasteiger partial charge in [0.25, 0.3) is 0 Å². The van der Waals surface area contributed by atoms with E-state index in [9.17, 15) is 0 Å². The standard InChI is InChI=1S/C13H17N5O/c1-10-5-3-4-6-11(10)16-13-17-12(9-15-18-13)14-7-8-19-2/h3-6,9H,7-8H2,1-2H3,(H2,14,16,17,18). The van der Waals surface area contributed by atoms with Gasteiger partial charge in [0.15, 0.2) is 5.82 Å². The minimum Gasteiger partial charge on any atom is -0.383 e. The van der Waals surface area contributed by atoms with Crippen molar-refractivity contribution in [3.63, 3.8) is 0 Å². The third-order valence-corrected chi connectivity index (χ3v) is 2.56. The molecule has 2 rings (SSSR count). The van der Waals surface area contributed by atoms with Crippen LogP contribution in [0.5, 0.6) is 0 Å². The average Bonchev–Trinajstić information content (AvgIpc) is 2.42. The zero-order chi connectivity index (χ0) is 13.5. The van der Waals surface area contributed by atoms with E-state index in [1.807, 2.05) is 31.2 Å². The Morgan fingerprint density at radius 3 is 2.89 bits per heavy atom. The van der Waals surface area contributed by atoms with Gasteiger partial charge in [0.1, 0.15) is 0 Å². The van der Waals surface area contributed by atoms with Crippen LogP contribution in [0.3, 0.4) is 0 Å².